The predicted octanol–water partition coefficient (Wildman–Crippen LogP) is 4.04. The Bertz CT molecular complexity index is 247. The van der Waals surface area contributed by atoms with Crippen LogP contribution in [0.3, 0.4) is 0 Å². The Hall–Kier alpha value is -0.153. The van der Waals surface area contributed by atoms with Crippen LogP contribution < -0.4 is 0 Å². The maximum Gasteiger partial charge on any atom is 0.0973 e. The Morgan fingerprint density at radius 2 is 1.53 bits per heavy atom. The van der Waals surface area contributed by atoms with Crippen molar-refractivity contribution in [3.63, 3.8) is 0 Å². The fourth-order valence-electron chi connectivity index (χ4n) is 2.96. The van der Waals surface area contributed by atoms with Gasteiger partial charge in [-0.15, -0.1) is 0 Å². The lowest BCUT2D eigenvalue weighted by Gasteiger charge is -2.43. The molecule has 3 heteroatoms. The minimum Gasteiger partial charge on any atom is -0.388 e. The van der Waals surface area contributed by atoms with E-state index in [1.54, 1.807) is 0 Å². The van der Waals surface area contributed by atoms with Crippen LogP contribution in [0.4, 0.5) is 0 Å². The molecule has 0 saturated carbocycles. The maximum absolute atomic E-state index is 11.1. The summed E-state index contributed by atoms with van der Waals surface area (Å²) in [6, 6.07) is 3.66. The third kappa shape index (κ3) is 3.41. The molecule has 0 bridgehead atoms. The minimum atomic E-state index is -1.67. The van der Waals surface area contributed by atoms with Gasteiger partial charge in [-0.05, 0) is 27.2 Å². The molecule has 0 heterocycles. The summed E-state index contributed by atoms with van der Waals surface area (Å²) in [5, 5.41) is 10.4. The van der Waals surface area contributed by atoms with Gasteiger partial charge in [0, 0.05) is 11.8 Å². The van der Waals surface area contributed by atoms with Crippen molar-refractivity contribution in [1.29, 1.82) is 0 Å². The highest BCUT2D eigenvalue weighted by atomic mass is 28.3. The van der Waals surface area contributed by atoms with E-state index in [0.717, 1.165) is 30.3 Å². The number of hydrogen-bond donors (Lipinski definition) is 1. The van der Waals surface area contributed by atoms with Crippen LogP contribution in [0, 0.1) is 0 Å². The van der Waals surface area contributed by atoms with E-state index in [0.29, 0.717) is 0 Å². The summed E-state index contributed by atoms with van der Waals surface area (Å²) >= 11 is 0. The molecule has 0 fully saturated rings. The Labute approximate surface area is 109 Å². The van der Waals surface area contributed by atoms with Crippen LogP contribution in [0.25, 0.3) is 0 Å². The van der Waals surface area contributed by atoms with Gasteiger partial charge in [0.25, 0.3) is 0 Å². The molecular weight excluding hydrogens is 226 g/mol. The average Bonchev–Trinajstić information content (AvgIpc) is 2.28. The highest BCUT2D eigenvalue weighted by molar-refractivity contribution is 6.85. The summed E-state index contributed by atoms with van der Waals surface area (Å²) in [7, 11) is -1.67. The third-order valence-corrected chi connectivity index (χ3v) is 10.8. The van der Waals surface area contributed by atoms with E-state index in [-0.39, 0.29) is 6.04 Å². The zero-order chi connectivity index (χ0) is 13.7. The third-order valence-electron chi connectivity index (χ3n) is 4.37. The summed E-state index contributed by atoms with van der Waals surface area (Å²) in [5.41, 5.74) is 1.02. The topological polar surface area (TPSA) is 32.6 Å². The summed E-state index contributed by atoms with van der Waals surface area (Å²) in [6.45, 7) is 15.0. The predicted molar refractivity (Wildman–Crippen MR) is 80.7 cm³/mol. The lowest BCUT2D eigenvalue weighted by Crippen LogP contribution is -2.60. The lowest BCUT2D eigenvalue weighted by atomic mass is 10.1. The van der Waals surface area contributed by atoms with Crippen molar-refractivity contribution in [1.82, 2.24) is 0 Å². The molecule has 0 aromatic heterocycles. The fraction of sp³-hybridized carbons (Fsp3) is 0.929. The fourth-order valence-corrected chi connectivity index (χ4v) is 7.38. The molecule has 0 amide bonds. The van der Waals surface area contributed by atoms with Crippen LogP contribution in [0.2, 0.25) is 18.1 Å². The first-order valence-corrected chi connectivity index (χ1v) is 9.72. The van der Waals surface area contributed by atoms with Crippen LogP contribution >= 0.6 is 0 Å². The van der Waals surface area contributed by atoms with Crippen molar-refractivity contribution in [2.24, 2.45) is 4.99 Å². The van der Waals surface area contributed by atoms with Gasteiger partial charge in [-0.3, -0.25) is 4.99 Å². The largest absolute Gasteiger partial charge is 0.388 e. The zero-order valence-corrected chi connectivity index (χ0v) is 13.8. The molecule has 0 aliphatic rings. The number of rotatable bonds is 7. The monoisotopic (exact) mass is 257 g/mol. The second-order valence-corrected chi connectivity index (χ2v) is 11.1. The van der Waals surface area contributed by atoms with Crippen LogP contribution in [-0.4, -0.2) is 30.2 Å². The summed E-state index contributed by atoms with van der Waals surface area (Å²) in [5.74, 6) is 0. The molecule has 102 valence electrons. The van der Waals surface area contributed by atoms with Gasteiger partial charge < -0.3 is 5.11 Å². The van der Waals surface area contributed by atoms with E-state index in [1.165, 1.54) is 0 Å². The first kappa shape index (κ1) is 16.8. The van der Waals surface area contributed by atoms with E-state index < -0.39 is 13.3 Å². The molecule has 0 radical (unpaired) electrons. The minimum absolute atomic E-state index is 0.272. The molecule has 0 aliphatic carbocycles. The first-order valence-electron chi connectivity index (χ1n) is 7.10. The van der Waals surface area contributed by atoms with Crippen molar-refractivity contribution in [2.75, 3.05) is 0 Å². The summed E-state index contributed by atoms with van der Waals surface area (Å²) < 4.78 is 0. The summed E-state index contributed by atoms with van der Waals surface area (Å²) in [6.07, 6.45) is 0.861. The molecule has 0 aromatic carbocycles. The maximum atomic E-state index is 11.1. The Balaban J connectivity index is 5.46. The van der Waals surface area contributed by atoms with Gasteiger partial charge in [-0.25, -0.2) is 0 Å². The van der Waals surface area contributed by atoms with Gasteiger partial charge in [-0.1, -0.05) is 45.8 Å². The number of aliphatic hydroxyl groups is 1. The highest BCUT2D eigenvalue weighted by Crippen LogP contribution is 2.34. The van der Waals surface area contributed by atoms with E-state index in [4.69, 9.17) is 0 Å². The molecule has 0 spiro atoms. The van der Waals surface area contributed by atoms with Gasteiger partial charge >= 0.3 is 0 Å². The SMILES string of the molecule is CCC(=NC(C)C)C(C)(O)[Si](CC)(CC)CC. The standard InChI is InChI=1S/C14H31NOSi/c1-8-13(15-12(5)6)14(7,16)17(9-2,10-3)11-4/h12,16H,8-11H2,1-7H3. The second kappa shape index (κ2) is 6.69. The van der Waals surface area contributed by atoms with Crippen molar-refractivity contribution in [3.8, 4) is 0 Å². The van der Waals surface area contributed by atoms with E-state index in [9.17, 15) is 5.11 Å². The summed E-state index contributed by atoms with van der Waals surface area (Å²) in [4.78, 5) is 4.68. The highest BCUT2D eigenvalue weighted by Gasteiger charge is 2.47. The Morgan fingerprint density at radius 1 is 1.12 bits per heavy atom. The van der Waals surface area contributed by atoms with Crippen molar-refractivity contribution >= 4 is 13.8 Å². The van der Waals surface area contributed by atoms with E-state index in [1.807, 2.05) is 6.92 Å². The smallest absolute Gasteiger partial charge is 0.0973 e. The molecular formula is C14H31NOSi. The van der Waals surface area contributed by atoms with Crippen LogP contribution in [-0.2, 0) is 0 Å². The van der Waals surface area contributed by atoms with Gasteiger partial charge in [0.1, 0.15) is 0 Å². The molecule has 1 unspecified atom stereocenters. The number of hydrogen-bond acceptors (Lipinski definition) is 2. The van der Waals surface area contributed by atoms with E-state index in [2.05, 4.69) is 46.5 Å². The van der Waals surface area contributed by atoms with Crippen molar-refractivity contribution in [2.45, 2.75) is 84.3 Å². The quantitative estimate of drug-likeness (QED) is 0.542. The van der Waals surface area contributed by atoms with E-state index >= 15 is 0 Å². The van der Waals surface area contributed by atoms with Crippen molar-refractivity contribution < 1.29 is 5.11 Å². The molecule has 0 aromatic rings. The molecule has 17 heavy (non-hydrogen) atoms. The van der Waals surface area contributed by atoms with Crippen LogP contribution in [0.5, 0.6) is 0 Å². The van der Waals surface area contributed by atoms with Gasteiger partial charge in [0.15, 0.2) is 0 Å². The van der Waals surface area contributed by atoms with Crippen LogP contribution in [0.15, 0.2) is 4.99 Å². The normalized spacial score (nSPS) is 17.4. The lowest BCUT2D eigenvalue weighted by molar-refractivity contribution is 0.200. The van der Waals surface area contributed by atoms with Crippen molar-refractivity contribution in [3.05, 3.63) is 0 Å². The molecule has 2 nitrogen and oxygen atoms in total. The molecule has 0 saturated heterocycles. The molecule has 1 N–H and O–H groups in total. The molecule has 0 aliphatic heterocycles. The van der Waals surface area contributed by atoms with Gasteiger partial charge in [0.05, 0.1) is 13.3 Å². The average molecular weight is 257 g/mol. The zero-order valence-electron chi connectivity index (χ0n) is 12.8. The second-order valence-electron chi connectivity index (χ2n) is 5.44. The Morgan fingerprint density at radius 3 is 1.76 bits per heavy atom. The van der Waals surface area contributed by atoms with Gasteiger partial charge in [-0.2, -0.15) is 0 Å². The molecule has 0 rings (SSSR count). The first-order chi connectivity index (χ1) is 7.81. The Kier molecular flexibility index (Phi) is 6.63. The van der Waals surface area contributed by atoms with Gasteiger partial charge in [0.2, 0.25) is 0 Å². The number of nitrogens with zero attached hydrogens (tertiary/aromatic N) is 1. The van der Waals surface area contributed by atoms with Crippen LogP contribution in [0.1, 0.15) is 54.9 Å². The molecule has 1 atom stereocenters. The number of aliphatic imine (C=N–C) groups is 1.